The Bertz CT molecular complexity index is 640. The summed E-state index contributed by atoms with van der Waals surface area (Å²) >= 11 is 0. The molecule has 0 fully saturated rings. The third kappa shape index (κ3) is 2.80. The molecule has 0 spiro atoms. The highest BCUT2D eigenvalue weighted by Crippen LogP contribution is 2.22. The smallest absolute Gasteiger partial charge is 0.356 e. The lowest BCUT2D eigenvalue weighted by Crippen LogP contribution is -2.00. The Labute approximate surface area is 112 Å². The van der Waals surface area contributed by atoms with Crippen molar-refractivity contribution in [3.8, 4) is 0 Å². The van der Waals surface area contributed by atoms with E-state index in [0.29, 0.717) is 0 Å². The molecular weight excluding hydrogens is 264 g/mol. The van der Waals surface area contributed by atoms with Crippen molar-refractivity contribution in [3.05, 3.63) is 48.0 Å². The molecule has 2 N–H and O–H groups in total. The van der Waals surface area contributed by atoms with Crippen LogP contribution in [0.15, 0.2) is 46.9 Å². The lowest BCUT2D eigenvalue weighted by atomic mass is 10.3. The fourth-order valence-corrected chi connectivity index (χ4v) is 1.39. The molecule has 2 aromatic rings. The van der Waals surface area contributed by atoms with Gasteiger partial charge < -0.3 is 10.2 Å². The van der Waals surface area contributed by atoms with Crippen molar-refractivity contribution >= 4 is 23.3 Å². The zero-order chi connectivity index (χ0) is 14.5. The molecule has 0 atom stereocenters. The van der Waals surface area contributed by atoms with Crippen molar-refractivity contribution < 1.29 is 19.8 Å². The van der Waals surface area contributed by atoms with Gasteiger partial charge in [-0.05, 0) is 24.3 Å². The van der Waals surface area contributed by atoms with Gasteiger partial charge in [0.15, 0.2) is 11.4 Å². The van der Waals surface area contributed by atoms with Gasteiger partial charge in [0, 0.05) is 12.4 Å². The Hall–Kier alpha value is -3.16. The molecule has 100 valence electrons. The zero-order valence-corrected chi connectivity index (χ0v) is 9.96. The average Bonchev–Trinajstić information content (AvgIpc) is 2.45. The maximum absolute atomic E-state index is 10.9. The number of rotatable bonds is 4. The summed E-state index contributed by atoms with van der Waals surface area (Å²) in [6.07, 6.45) is 2.63. The Morgan fingerprint density at radius 3 is 1.60 bits per heavy atom. The van der Waals surface area contributed by atoms with Crippen molar-refractivity contribution in [3.63, 3.8) is 0 Å². The Morgan fingerprint density at radius 2 is 1.25 bits per heavy atom. The molecule has 0 radical (unpaired) electrons. The summed E-state index contributed by atoms with van der Waals surface area (Å²) in [4.78, 5) is 29.2. The Morgan fingerprint density at radius 1 is 0.850 bits per heavy atom. The average molecular weight is 272 g/mol. The molecule has 0 aromatic carbocycles. The van der Waals surface area contributed by atoms with Gasteiger partial charge in [-0.25, -0.2) is 19.6 Å². The molecule has 0 amide bonds. The highest BCUT2D eigenvalue weighted by molar-refractivity contribution is 5.91. The predicted octanol–water partition coefficient (Wildman–Crippen LogP) is 2.29. The van der Waals surface area contributed by atoms with Gasteiger partial charge in [-0.3, -0.25) is 0 Å². The highest BCUT2D eigenvalue weighted by atomic mass is 16.4. The van der Waals surface area contributed by atoms with Crippen LogP contribution in [0.1, 0.15) is 21.0 Å². The summed E-state index contributed by atoms with van der Waals surface area (Å²) in [7, 11) is 0. The third-order valence-corrected chi connectivity index (χ3v) is 2.24. The Balaban J connectivity index is 2.40. The summed E-state index contributed by atoms with van der Waals surface area (Å²) < 4.78 is 0. The van der Waals surface area contributed by atoms with Crippen LogP contribution >= 0.6 is 0 Å². The van der Waals surface area contributed by atoms with E-state index in [1.165, 1.54) is 36.7 Å². The molecule has 0 bridgehead atoms. The molecule has 8 heteroatoms. The van der Waals surface area contributed by atoms with Gasteiger partial charge in [0.2, 0.25) is 0 Å². The van der Waals surface area contributed by atoms with Crippen molar-refractivity contribution in [2.45, 2.75) is 0 Å². The minimum Gasteiger partial charge on any atom is -0.476 e. The Kier molecular flexibility index (Phi) is 3.75. The first-order chi connectivity index (χ1) is 9.59. The number of aromatic carboxylic acids is 2. The van der Waals surface area contributed by atoms with E-state index in [-0.39, 0.29) is 22.8 Å². The molecule has 0 unspecified atom stereocenters. The van der Waals surface area contributed by atoms with E-state index in [9.17, 15) is 9.59 Å². The second-order valence-corrected chi connectivity index (χ2v) is 3.55. The standard InChI is InChI=1S/C12H8N4O4/c17-11(18)9-7(3-1-5-13-9)15-16-8-4-2-6-14-10(8)12(19)20/h1-6H,(H,17,18)(H,19,20). The van der Waals surface area contributed by atoms with Crippen LogP contribution in [0.3, 0.4) is 0 Å². The highest BCUT2D eigenvalue weighted by Gasteiger charge is 2.12. The number of carbonyl (C=O) groups is 2. The van der Waals surface area contributed by atoms with Crippen molar-refractivity contribution in [2.24, 2.45) is 10.2 Å². The van der Waals surface area contributed by atoms with Gasteiger partial charge in [-0.1, -0.05) is 0 Å². The molecule has 8 nitrogen and oxygen atoms in total. The maximum atomic E-state index is 10.9. The van der Waals surface area contributed by atoms with Crippen LogP contribution in [0, 0.1) is 0 Å². The molecule has 2 heterocycles. The number of carboxylic acid groups (broad SMARTS) is 2. The third-order valence-electron chi connectivity index (χ3n) is 2.24. The van der Waals surface area contributed by atoms with Crippen LogP contribution in [0.5, 0.6) is 0 Å². The zero-order valence-electron chi connectivity index (χ0n) is 9.96. The van der Waals surface area contributed by atoms with Gasteiger partial charge in [0.25, 0.3) is 0 Å². The van der Waals surface area contributed by atoms with Crippen LogP contribution in [0.2, 0.25) is 0 Å². The van der Waals surface area contributed by atoms with E-state index < -0.39 is 11.9 Å². The van der Waals surface area contributed by atoms with Crippen LogP contribution in [-0.4, -0.2) is 32.1 Å². The maximum Gasteiger partial charge on any atom is 0.356 e. The molecule has 0 aliphatic rings. The van der Waals surface area contributed by atoms with Crippen LogP contribution in [0.25, 0.3) is 0 Å². The quantitative estimate of drug-likeness (QED) is 0.822. The number of pyridine rings is 2. The van der Waals surface area contributed by atoms with Crippen molar-refractivity contribution in [1.82, 2.24) is 9.97 Å². The van der Waals surface area contributed by atoms with E-state index in [1.54, 1.807) is 0 Å². The number of hydrogen-bond acceptors (Lipinski definition) is 6. The van der Waals surface area contributed by atoms with Gasteiger partial charge in [-0.15, -0.1) is 10.2 Å². The minimum absolute atomic E-state index is 0.0280. The summed E-state index contributed by atoms with van der Waals surface area (Å²) in [6, 6.07) is 5.83. The molecule has 0 saturated carbocycles. The first kappa shape index (κ1) is 13.3. The minimum atomic E-state index is -1.25. The number of carboxylic acids is 2. The number of azo groups is 1. The number of aromatic nitrogens is 2. The van der Waals surface area contributed by atoms with E-state index in [1.807, 2.05) is 0 Å². The molecule has 0 aliphatic carbocycles. The summed E-state index contributed by atoms with van der Waals surface area (Å²) in [6.45, 7) is 0. The van der Waals surface area contributed by atoms with Gasteiger partial charge in [0.05, 0.1) is 0 Å². The van der Waals surface area contributed by atoms with Crippen LogP contribution in [0.4, 0.5) is 11.4 Å². The molecule has 0 aliphatic heterocycles. The second-order valence-electron chi connectivity index (χ2n) is 3.55. The second kappa shape index (κ2) is 5.65. The summed E-state index contributed by atoms with van der Waals surface area (Å²) in [5, 5.41) is 25.3. The van der Waals surface area contributed by atoms with E-state index in [4.69, 9.17) is 10.2 Å². The van der Waals surface area contributed by atoms with Gasteiger partial charge in [0.1, 0.15) is 11.4 Å². The van der Waals surface area contributed by atoms with Gasteiger partial charge >= 0.3 is 11.9 Å². The first-order valence-corrected chi connectivity index (χ1v) is 5.38. The van der Waals surface area contributed by atoms with E-state index >= 15 is 0 Å². The summed E-state index contributed by atoms with van der Waals surface area (Å²) in [5.74, 6) is -2.49. The lowest BCUT2D eigenvalue weighted by molar-refractivity contribution is 0.0680. The monoisotopic (exact) mass is 272 g/mol. The van der Waals surface area contributed by atoms with Crippen LogP contribution in [-0.2, 0) is 0 Å². The van der Waals surface area contributed by atoms with E-state index in [2.05, 4.69) is 20.2 Å². The SMILES string of the molecule is O=C(O)c1ncccc1N=Nc1cccnc1C(=O)O. The normalized spacial score (nSPS) is 10.6. The number of hydrogen-bond donors (Lipinski definition) is 2. The number of nitrogens with zero attached hydrogens (tertiary/aromatic N) is 4. The fourth-order valence-electron chi connectivity index (χ4n) is 1.39. The predicted molar refractivity (Wildman–Crippen MR) is 66.6 cm³/mol. The molecule has 2 rings (SSSR count). The lowest BCUT2D eigenvalue weighted by Gasteiger charge is -1.99. The van der Waals surface area contributed by atoms with Crippen LogP contribution < -0.4 is 0 Å². The van der Waals surface area contributed by atoms with E-state index in [0.717, 1.165) is 0 Å². The van der Waals surface area contributed by atoms with Crippen molar-refractivity contribution in [1.29, 1.82) is 0 Å². The topological polar surface area (TPSA) is 125 Å². The molecule has 0 saturated heterocycles. The van der Waals surface area contributed by atoms with Gasteiger partial charge in [-0.2, -0.15) is 0 Å². The van der Waals surface area contributed by atoms with Crippen molar-refractivity contribution in [2.75, 3.05) is 0 Å². The molecule has 2 aromatic heterocycles. The molecular formula is C12H8N4O4. The largest absolute Gasteiger partial charge is 0.476 e. The summed E-state index contributed by atoms with van der Waals surface area (Å²) in [5.41, 5.74) is -0.477. The molecule has 20 heavy (non-hydrogen) atoms. The fraction of sp³-hybridized carbons (Fsp3) is 0. The first-order valence-electron chi connectivity index (χ1n) is 5.38.